The zero-order valence-electron chi connectivity index (χ0n) is 15.1. The normalized spacial score (nSPS) is 13.1. The Kier molecular flexibility index (Phi) is 8.37. The Bertz CT molecular complexity index is 776. The number of thioether (sulfide) groups is 1. The molecule has 0 aliphatic rings. The Morgan fingerprint density at radius 1 is 1.11 bits per heavy atom. The van der Waals surface area contributed by atoms with E-state index in [1.807, 2.05) is 19.1 Å². The van der Waals surface area contributed by atoms with Crippen molar-refractivity contribution in [2.24, 2.45) is 0 Å². The van der Waals surface area contributed by atoms with Crippen molar-refractivity contribution in [1.82, 2.24) is 0 Å². The lowest BCUT2D eigenvalue weighted by atomic mass is 10.1. The second-order valence-electron chi connectivity index (χ2n) is 5.97. The Balaban J connectivity index is 1.85. The van der Waals surface area contributed by atoms with Gasteiger partial charge in [0.15, 0.2) is 0 Å². The summed E-state index contributed by atoms with van der Waals surface area (Å²) in [4.78, 5) is 4.90. The minimum absolute atomic E-state index is 0.0768. The molecule has 0 bridgehead atoms. The van der Waals surface area contributed by atoms with Gasteiger partial charge in [-0.3, -0.25) is 5.26 Å². The Morgan fingerprint density at radius 2 is 1.82 bits per heavy atom. The molecule has 152 valence electrons. The van der Waals surface area contributed by atoms with Gasteiger partial charge < -0.3 is 9.84 Å². The molecule has 2 aromatic carbocycles. The smallest absolute Gasteiger partial charge is 0.416 e. The quantitative estimate of drug-likeness (QED) is 0.260. The van der Waals surface area contributed by atoms with E-state index in [-0.39, 0.29) is 13.2 Å². The summed E-state index contributed by atoms with van der Waals surface area (Å²) < 4.78 is 43.1. The standard InChI is InChI=1S/C20H21F3O4S/c1-14-12-18(8-9-19(14)26-10-11-27-25)28-13-17(24)7-4-15-2-5-16(6-3-15)20(21,22)23/h2-9,12,17,24-25H,10-11,13H2,1H3/b7-4+. The fourth-order valence-corrected chi connectivity index (χ4v) is 3.20. The molecule has 0 amide bonds. The first-order valence-corrected chi connectivity index (χ1v) is 9.44. The fourth-order valence-electron chi connectivity index (χ4n) is 2.31. The van der Waals surface area contributed by atoms with Gasteiger partial charge in [-0.05, 0) is 48.4 Å². The van der Waals surface area contributed by atoms with Crippen LogP contribution in [0.3, 0.4) is 0 Å². The van der Waals surface area contributed by atoms with E-state index in [1.54, 1.807) is 18.2 Å². The molecule has 0 fully saturated rings. The molecule has 4 nitrogen and oxygen atoms in total. The first-order valence-electron chi connectivity index (χ1n) is 8.45. The molecule has 0 aliphatic heterocycles. The highest BCUT2D eigenvalue weighted by Crippen LogP contribution is 2.29. The number of rotatable bonds is 9. The molecule has 2 N–H and O–H groups in total. The van der Waals surface area contributed by atoms with Crippen LogP contribution in [0.4, 0.5) is 13.2 Å². The van der Waals surface area contributed by atoms with Crippen LogP contribution in [0.1, 0.15) is 16.7 Å². The van der Waals surface area contributed by atoms with Crippen LogP contribution in [0.15, 0.2) is 53.4 Å². The van der Waals surface area contributed by atoms with E-state index in [0.717, 1.165) is 22.6 Å². The van der Waals surface area contributed by atoms with Crippen LogP contribution in [0, 0.1) is 6.92 Å². The van der Waals surface area contributed by atoms with Crippen molar-refractivity contribution >= 4 is 17.8 Å². The topological polar surface area (TPSA) is 58.9 Å². The molecule has 0 aliphatic carbocycles. The van der Waals surface area contributed by atoms with Gasteiger partial charge in [-0.1, -0.05) is 24.3 Å². The third kappa shape index (κ3) is 7.20. The zero-order chi connectivity index (χ0) is 20.6. The average molecular weight is 414 g/mol. The van der Waals surface area contributed by atoms with Crippen LogP contribution in [-0.2, 0) is 11.1 Å². The summed E-state index contributed by atoms with van der Waals surface area (Å²) in [5, 5.41) is 18.4. The second-order valence-corrected chi connectivity index (χ2v) is 7.06. The SMILES string of the molecule is Cc1cc(SCC(O)/C=C/c2ccc(C(F)(F)F)cc2)ccc1OCCOO. The highest BCUT2D eigenvalue weighted by Gasteiger charge is 2.29. The van der Waals surface area contributed by atoms with Crippen molar-refractivity contribution in [2.75, 3.05) is 19.0 Å². The monoisotopic (exact) mass is 414 g/mol. The van der Waals surface area contributed by atoms with E-state index >= 15 is 0 Å². The van der Waals surface area contributed by atoms with Crippen LogP contribution in [0.5, 0.6) is 5.75 Å². The van der Waals surface area contributed by atoms with Crippen LogP contribution in [0.25, 0.3) is 6.08 Å². The number of aliphatic hydroxyl groups excluding tert-OH is 1. The number of benzene rings is 2. The van der Waals surface area contributed by atoms with Gasteiger partial charge in [-0.25, -0.2) is 4.89 Å². The van der Waals surface area contributed by atoms with E-state index in [9.17, 15) is 18.3 Å². The first kappa shape index (κ1) is 22.3. The molecule has 0 heterocycles. The molecule has 1 atom stereocenters. The predicted octanol–water partition coefficient (Wildman–Crippen LogP) is 5.05. The number of hydrogen-bond donors (Lipinski definition) is 2. The molecule has 2 rings (SSSR count). The summed E-state index contributed by atoms with van der Waals surface area (Å²) in [5.41, 5.74) is 0.798. The number of alkyl halides is 3. The van der Waals surface area contributed by atoms with E-state index in [0.29, 0.717) is 17.1 Å². The van der Waals surface area contributed by atoms with Crippen molar-refractivity contribution in [2.45, 2.75) is 24.1 Å². The van der Waals surface area contributed by atoms with Crippen LogP contribution in [-0.4, -0.2) is 35.4 Å². The van der Waals surface area contributed by atoms with Crippen LogP contribution in [0.2, 0.25) is 0 Å². The lowest BCUT2D eigenvalue weighted by Crippen LogP contribution is -2.06. The third-order valence-electron chi connectivity index (χ3n) is 3.75. The number of ether oxygens (including phenoxy) is 1. The van der Waals surface area contributed by atoms with E-state index in [2.05, 4.69) is 4.89 Å². The molecule has 0 saturated carbocycles. The second kappa shape index (κ2) is 10.5. The summed E-state index contributed by atoms with van der Waals surface area (Å²) in [6.45, 7) is 2.20. The van der Waals surface area contributed by atoms with Gasteiger partial charge in [-0.15, -0.1) is 11.8 Å². The number of hydrogen-bond acceptors (Lipinski definition) is 5. The lowest BCUT2D eigenvalue weighted by Gasteiger charge is -2.11. The minimum atomic E-state index is -4.36. The largest absolute Gasteiger partial charge is 0.491 e. The maximum Gasteiger partial charge on any atom is 0.416 e. The molecule has 0 saturated heterocycles. The van der Waals surface area contributed by atoms with Gasteiger partial charge in [0.2, 0.25) is 0 Å². The molecule has 0 spiro atoms. The molecule has 2 aromatic rings. The van der Waals surface area contributed by atoms with E-state index < -0.39 is 17.8 Å². The fraction of sp³-hybridized carbons (Fsp3) is 0.300. The summed E-state index contributed by atoms with van der Waals surface area (Å²) in [6, 6.07) is 10.3. The predicted molar refractivity (Wildman–Crippen MR) is 102 cm³/mol. The van der Waals surface area contributed by atoms with Crippen molar-refractivity contribution in [3.63, 3.8) is 0 Å². The zero-order valence-corrected chi connectivity index (χ0v) is 16.0. The molecule has 8 heteroatoms. The van der Waals surface area contributed by atoms with Gasteiger partial charge in [0.05, 0.1) is 11.7 Å². The van der Waals surface area contributed by atoms with Gasteiger partial charge in [0, 0.05) is 10.6 Å². The van der Waals surface area contributed by atoms with Gasteiger partial charge >= 0.3 is 6.18 Å². The Hall–Kier alpha value is -2.00. The summed E-state index contributed by atoms with van der Waals surface area (Å²) in [7, 11) is 0. The highest BCUT2D eigenvalue weighted by molar-refractivity contribution is 7.99. The summed E-state index contributed by atoms with van der Waals surface area (Å²) >= 11 is 1.45. The van der Waals surface area contributed by atoms with Crippen molar-refractivity contribution < 1.29 is 33.2 Å². The lowest BCUT2D eigenvalue weighted by molar-refractivity contribution is -0.245. The van der Waals surface area contributed by atoms with E-state index in [1.165, 1.54) is 23.9 Å². The maximum absolute atomic E-state index is 12.5. The van der Waals surface area contributed by atoms with Crippen molar-refractivity contribution in [1.29, 1.82) is 0 Å². The molecular weight excluding hydrogens is 393 g/mol. The summed E-state index contributed by atoms with van der Waals surface area (Å²) in [6.07, 6.45) is -1.96. The summed E-state index contributed by atoms with van der Waals surface area (Å²) in [5.74, 6) is 1.08. The molecule has 0 radical (unpaired) electrons. The Morgan fingerprint density at radius 3 is 2.43 bits per heavy atom. The van der Waals surface area contributed by atoms with Crippen molar-refractivity contribution in [3.8, 4) is 5.75 Å². The first-order chi connectivity index (χ1) is 13.3. The van der Waals surface area contributed by atoms with Crippen molar-refractivity contribution in [3.05, 3.63) is 65.2 Å². The number of halogens is 3. The molecule has 28 heavy (non-hydrogen) atoms. The van der Waals surface area contributed by atoms with Gasteiger partial charge in [0.1, 0.15) is 19.0 Å². The average Bonchev–Trinajstić information content (AvgIpc) is 2.66. The van der Waals surface area contributed by atoms with Crippen LogP contribution < -0.4 is 4.74 Å². The maximum atomic E-state index is 12.5. The van der Waals surface area contributed by atoms with Gasteiger partial charge in [0.25, 0.3) is 0 Å². The minimum Gasteiger partial charge on any atom is -0.491 e. The molecule has 1 unspecified atom stereocenters. The number of aliphatic hydroxyl groups is 1. The molecular formula is C20H21F3O4S. The number of aryl methyl sites for hydroxylation is 1. The highest BCUT2D eigenvalue weighted by atomic mass is 32.2. The van der Waals surface area contributed by atoms with Crippen LogP contribution >= 0.6 is 11.8 Å². The molecule has 0 aromatic heterocycles. The van der Waals surface area contributed by atoms with Gasteiger partial charge in [-0.2, -0.15) is 13.2 Å². The Labute approximate surface area is 165 Å². The third-order valence-corrected chi connectivity index (χ3v) is 4.84. The van der Waals surface area contributed by atoms with E-state index in [4.69, 9.17) is 9.99 Å².